The molecule has 0 bridgehead atoms. The Labute approximate surface area is 167 Å². The van der Waals surface area contributed by atoms with Crippen LogP contribution in [0.5, 0.6) is 0 Å². The summed E-state index contributed by atoms with van der Waals surface area (Å²) < 4.78 is 0. The van der Waals surface area contributed by atoms with Gasteiger partial charge in [0.15, 0.2) is 0 Å². The summed E-state index contributed by atoms with van der Waals surface area (Å²) in [7, 11) is 0. The zero-order chi connectivity index (χ0) is 19.1. The van der Waals surface area contributed by atoms with Crippen molar-refractivity contribution in [3.8, 4) is 0 Å². The van der Waals surface area contributed by atoms with Gasteiger partial charge in [0.25, 0.3) is 0 Å². The molecule has 0 aromatic carbocycles. The zero-order valence-electron chi connectivity index (χ0n) is 14.9. The van der Waals surface area contributed by atoms with Gasteiger partial charge in [0, 0.05) is 37.5 Å². The molecule has 1 aliphatic heterocycles. The van der Waals surface area contributed by atoms with Crippen LogP contribution in [-0.4, -0.2) is 39.8 Å². The topological polar surface area (TPSA) is 75.2 Å². The van der Waals surface area contributed by atoms with Gasteiger partial charge in [-0.1, -0.05) is 23.2 Å². The van der Waals surface area contributed by atoms with E-state index < -0.39 is 0 Å². The number of piperidine rings is 1. The monoisotopic (exact) mass is 406 g/mol. The van der Waals surface area contributed by atoms with Gasteiger partial charge in [0.05, 0.1) is 0 Å². The summed E-state index contributed by atoms with van der Waals surface area (Å²) in [4.78, 5) is 34.2. The lowest BCUT2D eigenvalue weighted by atomic mass is 9.91. The van der Waals surface area contributed by atoms with Gasteiger partial charge in [-0.3, -0.25) is 9.59 Å². The van der Waals surface area contributed by atoms with Gasteiger partial charge in [-0.05, 0) is 48.6 Å². The number of rotatable bonds is 3. The molecule has 2 aromatic rings. The lowest BCUT2D eigenvalue weighted by Crippen LogP contribution is -2.37. The maximum Gasteiger partial charge on any atom is 0.228 e. The van der Waals surface area contributed by atoms with Crippen molar-refractivity contribution in [1.82, 2.24) is 14.9 Å². The molecule has 2 fully saturated rings. The van der Waals surface area contributed by atoms with Crippen molar-refractivity contribution < 1.29 is 9.59 Å². The summed E-state index contributed by atoms with van der Waals surface area (Å²) >= 11 is 12.0. The molecule has 8 heteroatoms. The minimum atomic E-state index is 0.00657. The first kappa shape index (κ1) is 18.4. The predicted octanol–water partition coefficient (Wildman–Crippen LogP) is 3.77. The van der Waals surface area contributed by atoms with Crippen LogP contribution in [-0.2, 0) is 9.59 Å². The number of hydrogen-bond acceptors (Lipinski definition) is 4. The van der Waals surface area contributed by atoms with Gasteiger partial charge in [0.2, 0.25) is 11.8 Å². The number of pyridine rings is 2. The molecule has 142 valence electrons. The first-order chi connectivity index (χ1) is 12.9. The van der Waals surface area contributed by atoms with E-state index >= 15 is 0 Å². The third-order valence-electron chi connectivity index (χ3n) is 5.66. The molecule has 1 saturated carbocycles. The number of aromatic nitrogens is 2. The minimum absolute atomic E-state index is 0.00657. The molecular formula is C19H20Cl2N4O2. The van der Waals surface area contributed by atoms with Gasteiger partial charge in [0.1, 0.15) is 16.1 Å². The fourth-order valence-corrected chi connectivity index (χ4v) is 4.54. The molecule has 27 heavy (non-hydrogen) atoms. The number of halogens is 2. The Morgan fingerprint density at radius 2 is 1.96 bits per heavy atom. The van der Waals surface area contributed by atoms with Crippen molar-refractivity contribution in [1.29, 1.82) is 0 Å². The molecular weight excluding hydrogens is 387 g/mol. The number of carbonyl (C=O) groups is 2. The SMILES string of the molecule is CC(=O)N1CCC(C2C[C@H]2C(=O)Nc2cc3cc(Cl)nc(Cl)c3cn2)CC1. The molecule has 4 rings (SSSR count). The molecule has 3 heterocycles. The maximum absolute atomic E-state index is 12.6. The minimum Gasteiger partial charge on any atom is -0.343 e. The lowest BCUT2D eigenvalue weighted by Gasteiger charge is -2.31. The van der Waals surface area contributed by atoms with Crippen LogP contribution in [0.1, 0.15) is 26.2 Å². The molecule has 2 aromatic heterocycles. The van der Waals surface area contributed by atoms with Crippen LogP contribution in [0.15, 0.2) is 18.3 Å². The van der Waals surface area contributed by atoms with Crippen LogP contribution >= 0.6 is 23.2 Å². The van der Waals surface area contributed by atoms with Crippen LogP contribution in [0.2, 0.25) is 10.3 Å². The fourth-order valence-electron chi connectivity index (χ4n) is 4.04. The maximum atomic E-state index is 12.6. The highest BCUT2D eigenvalue weighted by Gasteiger charge is 2.48. The number of anilines is 1. The smallest absolute Gasteiger partial charge is 0.228 e. The quantitative estimate of drug-likeness (QED) is 0.786. The predicted molar refractivity (Wildman–Crippen MR) is 105 cm³/mol. The van der Waals surface area contributed by atoms with Crippen molar-refractivity contribution in [2.75, 3.05) is 18.4 Å². The molecule has 0 spiro atoms. The Kier molecular flexibility index (Phi) is 4.95. The van der Waals surface area contributed by atoms with E-state index in [0.717, 1.165) is 37.7 Å². The second kappa shape index (κ2) is 7.24. The van der Waals surface area contributed by atoms with Crippen LogP contribution in [0.25, 0.3) is 10.8 Å². The number of fused-ring (bicyclic) bond motifs is 1. The molecule has 2 aliphatic rings. The summed E-state index contributed by atoms with van der Waals surface area (Å²) in [6.07, 6.45) is 4.46. The van der Waals surface area contributed by atoms with E-state index in [4.69, 9.17) is 23.2 Å². The van der Waals surface area contributed by atoms with Gasteiger partial charge < -0.3 is 10.2 Å². The molecule has 1 aliphatic carbocycles. The number of amides is 2. The number of nitrogens with one attached hydrogen (secondary N) is 1. The number of carbonyl (C=O) groups excluding carboxylic acids is 2. The second-order valence-electron chi connectivity index (χ2n) is 7.37. The molecule has 1 N–H and O–H groups in total. The van der Waals surface area contributed by atoms with Crippen LogP contribution in [0.4, 0.5) is 5.82 Å². The summed E-state index contributed by atoms with van der Waals surface area (Å²) in [6, 6.07) is 3.46. The Morgan fingerprint density at radius 1 is 1.22 bits per heavy atom. The van der Waals surface area contributed by atoms with Gasteiger partial charge >= 0.3 is 0 Å². The molecule has 1 unspecified atom stereocenters. The van der Waals surface area contributed by atoms with Crippen molar-refractivity contribution in [2.45, 2.75) is 26.2 Å². The van der Waals surface area contributed by atoms with Crippen molar-refractivity contribution in [3.05, 3.63) is 28.6 Å². The third-order valence-corrected chi connectivity index (χ3v) is 6.14. The highest BCUT2D eigenvalue weighted by molar-refractivity contribution is 6.36. The van der Waals surface area contributed by atoms with Crippen LogP contribution < -0.4 is 5.32 Å². The third kappa shape index (κ3) is 3.87. The number of hydrogen-bond donors (Lipinski definition) is 1. The summed E-state index contributed by atoms with van der Waals surface area (Å²) in [5.74, 6) is 1.59. The Morgan fingerprint density at radius 3 is 2.67 bits per heavy atom. The van der Waals surface area contributed by atoms with Crippen molar-refractivity contribution in [3.63, 3.8) is 0 Å². The largest absolute Gasteiger partial charge is 0.343 e. The standard InChI is InChI=1S/C19H20Cl2N4O2/c1-10(26)25-4-2-11(3-5-25)13-8-14(13)19(27)24-17-7-12-6-16(20)23-18(21)15(12)9-22-17/h6-7,9,11,13-14H,2-5,8H2,1H3,(H,22,24,27)/t13?,14-/m1/s1. The molecule has 0 radical (unpaired) electrons. The van der Waals surface area contributed by atoms with E-state index in [1.54, 1.807) is 25.3 Å². The lowest BCUT2D eigenvalue weighted by molar-refractivity contribution is -0.130. The first-order valence-corrected chi connectivity index (χ1v) is 9.86. The Balaban J connectivity index is 1.38. The number of nitrogens with zero attached hydrogens (tertiary/aromatic N) is 3. The zero-order valence-corrected chi connectivity index (χ0v) is 16.4. The normalized spacial score (nSPS) is 22.7. The van der Waals surface area contributed by atoms with Crippen molar-refractivity contribution in [2.24, 2.45) is 17.8 Å². The van der Waals surface area contributed by atoms with E-state index in [-0.39, 0.29) is 17.7 Å². The van der Waals surface area contributed by atoms with Crippen molar-refractivity contribution >= 4 is 51.6 Å². The van der Waals surface area contributed by atoms with Gasteiger partial charge in [-0.15, -0.1) is 0 Å². The van der Waals surface area contributed by atoms with Crippen LogP contribution in [0.3, 0.4) is 0 Å². The fraction of sp³-hybridized carbons (Fsp3) is 0.474. The first-order valence-electron chi connectivity index (χ1n) is 9.10. The van der Waals surface area contributed by atoms with E-state index in [9.17, 15) is 9.59 Å². The average molecular weight is 407 g/mol. The Bertz CT molecular complexity index is 912. The number of likely N-dealkylation sites (tertiary alicyclic amines) is 1. The highest BCUT2D eigenvalue weighted by atomic mass is 35.5. The van der Waals surface area contributed by atoms with Gasteiger partial charge in [-0.25, -0.2) is 9.97 Å². The summed E-state index contributed by atoms with van der Waals surface area (Å²) in [6.45, 7) is 3.21. The van der Waals surface area contributed by atoms with E-state index in [1.807, 2.05) is 4.90 Å². The van der Waals surface area contributed by atoms with Crippen LogP contribution in [0, 0.1) is 17.8 Å². The summed E-state index contributed by atoms with van der Waals surface area (Å²) in [5, 5.41) is 4.99. The Hall–Kier alpha value is -1.92. The molecule has 6 nitrogen and oxygen atoms in total. The second-order valence-corrected chi connectivity index (χ2v) is 8.11. The van der Waals surface area contributed by atoms with E-state index in [1.165, 1.54) is 0 Å². The van der Waals surface area contributed by atoms with E-state index in [0.29, 0.717) is 33.3 Å². The molecule has 2 amide bonds. The molecule has 1 saturated heterocycles. The summed E-state index contributed by atoms with van der Waals surface area (Å²) in [5.41, 5.74) is 0. The molecule has 2 atom stereocenters. The van der Waals surface area contributed by atoms with Gasteiger partial charge in [-0.2, -0.15) is 0 Å². The average Bonchev–Trinajstić information content (AvgIpc) is 3.42. The van der Waals surface area contributed by atoms with E-state index in [2.05, 4.69) is 15.3 Å². The highest BCUT2D eigenvalue weighted by Crippen LogP contribution is 2.48.